The minimum atomic E-state index is 0.987. The van der Waals surface area contributed by atoms with Crippen LogP contribution in [0.4, 0.5) is 0 Å². The van der Waals surface area contributed by atoms with Crippen LogP contribution in [0.5, 0.6) is 0 Å². The second kappa shape index (κ2) is 6.28. The molecule has 0 spiro atoms. The topological polar surface area (TPSA) is 0 Å². The minimum Gasteiger partial charge on any atom is -0.129 e. The molecule has 0 saturated heterocycles. The van der Waals surface area contributed by atoms with E-state index < -0.39 is 0 Å². The highest BCUT2D eigenvalue weighted by Gasteiger charge is 1.83. The van der Waals surface area contributed by atoms with Crippen LogP contribution in [0, 0.1) is 0 Å². The van der Waals surface area contributed by atoms with Gasteiger partial charge in [0.25, 0.3) is 0 Å². The van der Waals surface area contributed by atoms with E-state index in [1.54, 1.807) is 0 Å². The van der Waals surface area contributed by atoms with Crippen LogP contribution in [-0.2, 0) is 6.42 Å². The summed E-state index contributed by atoms with van der Waals surface area (Å²) in [5.41, 5.74) is 4.53. The molecule has 0 N–H and O–H groups in total. The van der Waals surface area contributed by atoms with E-state index in [0.717, 1.165) is 12.8 Å². The standard InChI is InChI=1S/C13H16/c1-2-3-4-5-7-10-13-11-8-6-9-12-13/h4,6-9,11-12H,2-3,10H2,1H3. The number of hydrogen-bond acceptors (Lipinski definition) is 0. The average Bonchev–Trinajstić information content (AvgIpc) is 2.19. The number of rotatable bonds is 4. The van der Waals surface area contributed by atoms with Crippen LogP contribution in [0.1, 0.15) is 25.3 Å². The van der Waals surface area contributed by atoms with E-state index >= 15 is 0 Å². The maximum Gasteiger partial charge on any atom is -0.00214 e. The summed E-state index contributed by atoms with van der Waals surface area (Å²) in [6, 6.07) is 10.5. The fraction of sp³-hybridized carbons (Fsp3) is 0.308. The first-order valence-electron chi connectivity index (χ1n) is 4.87. The number of allylic oxidation sites excluding steroid dienone is 1. The summed E-state index contributed by atoms with van der Waals surface area (Å²) in [6.07, 6.45) is 7.51. The molecule has 0 fully saturated rings. The van der Waals surface area contributed by atoms with E-state index in [4.69, 9.17) is 0 Å². The second-order valence-corrected chi connectivity index (χ2v) is 3.05. The van der Waals surface area contributed by atoms with Gasteiger partial charge in [-0.25, -0.2) is 0 Å². The molecule has 0 unspecified atom stereocenters. The highest BCUT2D eigenvalue weighted by atomic mass is 13.9. The molecule has 0 radical (unpaired) electrons. The van der Waals surface area contributed by atoms with Crippen LogP contribution in [0.25, 0.3) is 0 Å². The largest absolute Gasteiger partial charge is 0.129 e. The van der Waals surface area contributed by atoms with E-state index in [9.17, 15) is 0 Å². The summed E-state index contributed by atoms with van der Waals surface area (Å²) in [5, 5.41) is 0. The Bertz CT molecular complexity index is 276. The van der Waals surface area contributed by atoms with E-state index in [-0.39, 0.29) is 0 Å². The SMILES string of the molecule is CCCC=C=CCc1ccccc1. The summed E-state index contributed by atoms with van der Waals surface area (Å²) < 4.78 is 0. The average molecular weight is 172 g/mol. The molecular formula is C13H16. The zero-order valence-corrected chi connectivity index (χ0v) is 8.16. The van der Waals surface area contributed by atoms with Crippen molar-refractivity contribution in [1.82, 2.24) is 0 Å². The molecule has 0 bridgehead atoms. The summed E-state index contributed by atoms with van der Waals surface area (Å²) >= 11 is 0. The predicted molar refractivity (Wildman–Crippen MR) is 57.7 cm³/mol. The molecule has 13 heavy (non-hydrogen) atoms. The molecule has 0 nitrogen and oxygen atoms in total. The van der Waals surface area contributed by atoms with Gasteiger partial charge in [0.1, 0.15) is 0 Å². The van der Waals surface area contributed by atoms with Crippen LogP contribution < -0.4 is 0 Å². The molecule has 0 aromatic heterocycles. The van der Waals surface area contributed by atoms with E-state index in [1.807, 2.05) is 6.07 Å². The third-order valence-electron chi connectivity index (χ3n) is 1.85. The van der Waals surface area contributed by atoms with Crippen LogP contribution in [0.3, 0.4) is 0 Å². The molecule has 0 atom stereocenters. The third kappa shape index (κ3) is 4.35. The minimum absolute atomic E-state index is 0.987. The van der Waals surface area contributed by atoms with Crippen LogP contribution >= 0.6 is 0 Å². The fourth-order valence-corrected chi connectivity index (χ4v) is 1.10. The summed E-state index contributed by atoms with van der Waals surface area (Å²) in [5.74, 6) is 0. The highest BCUT2D eigenvalue weighted by Crippen LogP contribution is 1.99. The lowest BCUT2D eigenvalue weighted by Gasteiger charge is -1.91. The van der Waals surface area contributed by atoms with Gasteiger partial charge in [0.2, 0.25) is 0 Å². The Morgan fingerprint density at radius 2 is 1.92 bits per heavy atom. The van der Waals surface area contributed by atoms with Gasteiger partial charge in [-0.05, 0) is 30.6 Å². The molecule has 0 heteroatoms. The molecule has 1 rings (SSSR count). The monoisotopic (exact) mass is 172 g/mol. The molecule has 0 heterocycles. The van der Waals surface area contributed by atoms with Crippen molar-refractivity contribution in [2.45, 2.75) is 26.2 Å². The smallest absolute Gasteiger partial charge is 0.00214 e. The summed E-state index contributed by atoms with van der Waals surface area (Å²) in [7, 11) is 0. The lowest BCUT2D eigenvalue weighted by Crippen LogP contribution is -1.76. The summed E-state index contributed by atoms with van der Waals surface area (Å²) in [4.78, 5) is 0. The molecule has 0 aliphatic rings. The first-order chi connectivity index (χ1) is 6.43. The fourth-order valence-electron chi connectivity index (χ4n) is 1.10. The molecule has 0 aliphatic carbocycles. The Kier molecular flexibility index (Phi) is 4.74. The number of hydrogen-bond donors (Lipinski definition) is 0. The van der Waals surface area contributed by atoms with Crippen molar-refractivity contribution in [3.05, 3.63) is 53.8 Å². The molecule has 1 aromatic carbocycles. The van der Waals surface area contributed by atoms with Gasteiger partial charge >= 0.3 is 0 Å². The van der Waals surface area contributed by atoms with Gasteiger partial charge in [0.05, 0.1) is 0 Å². The van der Waals surface area contributed by atoms with Crippen molar-refractivity contribution in [3.8, 4) is 0 Å². The molecule has 0 saturated carbocycles. The lowest BCUT2D eigenvalue weighted by molar-refractivity contribution is 0.959. The van der Waals surface area contributed by atoms with Gasteiger partial charge < -0.3 is 0 Å². The van der Waals surface area contributed by atoms with Crippen molar-refractivity contribution >= 4 is 0 Å². The zero-order valence-electron chi connectivity index (χ0n) is 8.16. The zero-order chi connectivity index (χ0) is 9.36. The van der Waals surface area contributed by atoms with Crippen LogP contribution in [-0.4, -0.2) is 0 Å². The normalized spacial score (nSPS) is 9.00. The van der Waals surface area contributed by atoms with Gasteiger partial charge in [-0.15, -0.1) is 5.73 Å². The molecule has 68 valence electrons. The van der Waals surface area contributed by atoms with Crippen molar-refractivity contribution in [2.75, 3.05) is 0 Å². The summed E-state index contributed by atoms with van der Waals surface area (Å²) in [6.45, 7) is 2.18. The molecule has 1 aromatic rings. The van der Waals surface area contributed by atoms with Crippen molar-refractivity contribution in [2.24, 2.45) is 0 Å². The van der Waals surface area contributed by atoms with Crippen LogP contribution in [0.2, 0.25) is 0 Å². The van der Waals surface area contributed by atoms with Gasteiger partial charge in [-0.3, -0.25) is 0 Å². The predicted octanol–water partition coefficient (Wildman–Crippen LogP) is 3.74. The van der Waals surface area contributed by atoms with E-state index in [2.05, 4.69) is 49.1 Å². The maximum atomic E-state index is 3.18. The second-order valence-electron chi connectivity index (χ2n) is 3.05. The quantitative estimate of drug-likeness (QED) is 0.607. The number of benzene rings is 1. The molecular weight excluding hydrogens is 156 g/mol. The first kappa shape index (κ1) is 9.83. The first-order valence-corrected chi connectivity index (χ1v) is 4.87. The molecule has 0 amide bonds. The number of unbranched alkanes of at least 4 members (excludes halogenated alkanes) is 1. The Hall–Kier alpha value is -1.26. The van der Waals surface area contributed by atoms with Crippen molar-refractivity contribution < 1.29 is 0 Å². The lowest BCUT2D eigenvalue weighted by atomic mass is 10.1. The van der Waals surface area contributed by atoms with Crippen molar-refractivity contribution in [1.29, 1.82) is 0 Å². The van der Waals surface area contributed by atoms with Gasteiger partial charge in [0.15, 0.2) is 0 Å². The van der Waals surface area contributed by atoms with Crippen molar-refractivity contribution in [3.63, 3.8) is 0 Å². The Morgan fingerprint density at radius 3 is 2.62 bits per heavy atom. The van der Waals surface area contributed by atoms with Gasteiger partial charge in [0, 0.05) is 0 Å². The van der Waals surface area contributed by atoms with Gasteiger partial charge in [-0.1, -0.05) is 43.7 Å². The third-order valence-corrected chi connectivity index (χ3v) is 1.85. The Labute approximate surface area is 80.6 Å². The Morgan fingerprint density at radius 1 is 1.15 bits per heavy atom. The Balaban J connectivity index is 2.39. The van der Waals surface area contributed by atoms with E-state index in [0.29, 0.717) is 0 Å². The molecule has 0 aliphatic heterocycles. The van der Waals surface area contributed by atoms with Crippen LogP contribution in [0.15, 0.2) is 48.2 Å². The van der Waals surface area contributed by atoms with Gasteiger partial charge in [-0.2, -0.15) is 0 Å². The van der Waals surface area contributed by atoms with E-state index in [1.165, 1.54) is 12.0 Å². The highest BCUT2D eigenvalue weighted by molar-refractivity contribution is 5.17. The maximum absolute atomic E-state index is 3.18.